The maximum atomic E-state index is 5.57. The van der Waals surface area contributed by atoms with E-state index >= 15 is 0 Å². The minimum absolute atomic E-state index is 0.248. The van der Waals surface area contributed by atoms with Gasteiger partial charge in [-0.1, -0.05) is 13.8 Å². The number of nitrogens with zero attached hydrogens (tertiary/aromatic N) is 6. The van der Waals surface area contributed by atoms with Gasteiger partial charge in [-0.15, -0.1) is 0 Å². The number of methoxy groups -OCH3 is 1. The van der Waals surface area contributed by atoms with Gasteiger partial charge in [0, 0.05) is 29.6 Å². The summed E-state index contributed by atoms with van der Waals surface area (Å²) >= 11 is 0. The van der Waals surface area contributed by atoms with Crippen LogP contribution in [0.2, 0.25) is 0 Å². The summed E-state index contributed by atoms with van der Waals surface area (Å²) in [5.41, 5.74) is 8.21. The molecule has 0 bridgehead atoms. The number of hydrogen-bond donors (Lipinski definition) is 1. The van der Waals surface area contributed by atoms with E-state index in [-0.39, 0.29) is 5.92 Å². The van der Waals surface area contributed by atoms with Gasteiger partial charge >= 0.3 is 0 Å². The average Bonchev–Trinajstić information content (AvgIpc) is 3.51. The Bertz CT molecular complexity index is 1330. The molecule has 184 valence electrons. The van der Waals surface area contributed by atoms with Crippen LogP contribution in [-0.2, 0) is 0 Å². The summed E-state index contributed by atoms with van der Waals surface area (Å²) in [7, 11) is 1.65. The van der Waals surface area contributed by atoms with Crippen LogP contribution in [0.5, 0.6) is 5.75 Å². The van der Waals surface area contributed by atoms with Crippen LogP contribution in [0.15, 0.2) is 30.9 Å². The summed E-state index contributed by atoms with van der Waals surface area (Å²) in [4.78, 5) is 11.8. The molecular formula is C27H35N7O. The molecule has 1 aliphatic rings. The van der Waals surface area contributed by atoms with Gasteiger partial charge in [0.25, 0.3) is 0 Å². The molecule has 4 aromatic heterocycles. The van der Waals surface area contributed by atoms with Crippen molar-refractivity contribution in [3.63, 3.8) is 0 Å². The van der Waals surface area contributed by atoms with E-state index in [9.17, 15) is 0 Å². The lowest BCUT2D eigenvalue weighted by atomic mass is 9.87. The summed E-state index contributed by atoms with van der Waals surface area (Å²) < 4.78 is 7.30. The molecule has 0 amide bonds. The smallest absolute Gasteiger partial charge is 0.197 e. The van der Waals surface area contributed by atoms with Crippen LogP contribution >= 0.6 is 0 Å². The Hall–Kier alpha value is -3.26. The third-order valence-electron chi connectivity index (χ3n) is 7.32. The summed E-state index contributed by atoms with van der Waals surface area (Å²) in [6.07, 6.45) is 7.95. The Morgan fingerprint density at radius 1 is 1.09 bits per heavy atom. The van der Waals surface area contributed by atoms with Crippen LogP contribution in [0.25, 0.3) is 28.3 Å². The lowest BCUT2D eigenvalue weighted by molar-refractivity contribution is 0.171. The van der Waals surface area contributed by atoms with Crippen molar-refractivity contribution in [3.8, 4) is 28.4 Å². The molecule has 0 aromatic carbocycles. The van der Waals surface area contributed by atoms with E-state index in [1.165, 1.54) is 30.3 Å². The average molecular weight is 474 g/mol. The third kappa shape index (κ3) is 4.31. The number of aromatic amines is 1. The number of aryl methyl sites for hydroxylation is 1. The number of hydrogen-bond acceptors (Lipinski definition) is 6. The first-order valence-corrected chi connectivity index (χ1v) is 12.5. The standard InChI is InChI=1S/C27H35N7O/c1-16(2)24-25(20-12-23(35-6)27-29-15-30-34(27)14-20)31-32-26(24)22-11-18(5)21(13-28-22)19-7-9-33(10-8-19)17(3)4/h11-17,19H,7-10H2,1-6H3,(H,31,32). The highest BCUT2D eigenvalue weighted by Crippen LogP contribution is 2.38. The normalized spacial score (nSPS) is 15.5. The van der Waals surface area contributed by atoms with Gasteiger partial charge < -0.3 is 9.64 Å². The van der Waals surface area contributed by atoms with Gasteiger partial charge in [0.15, 0.2) is 11.4 Å². The molecule has 0 spiro atoms. The molecule has 1 fully saturated rings. The molecule has 1 saturated heterocycles. The number of aromatic nitrogens is 6. The minimum atomic E-state index is 0.248. The van der Waals surface area contributed by atoms with Crippen molar-refractivity contribution < 1.29 is 4.74 Å². The maximum Gasteiger partial charge on any atom is 0.197 e. The second-order valence-electron chi connectivity index (χ2n) is 10.2. The van der Waals surface area contributed by atoms with Gasteiger partial charge in [0.2, 0.25) is 0 Å². The van der Waals surface area contributed by atoms with Crippen LogP contribution in [0.1, 0.15) is 69.1 Å². The number of fused-ring (bicyclic) bond motifs is 1. The molecule has 8 nitrogen and oxygen atoms in total. The molecule has 5 heterocycles. The van der Waals surface area contributed by atoms with Crippen LogP contribution in [0.4, 0.5) is 0 Å². The van der Waals surface area contributed by atoms with Gasteiger partial charge in [0.1, 0.15) is 6.33 Å². The molecule has 0 saturated carbocycles. The van der Waals surface area contributed by atoms with Gasteiger partial charge in [0.05, 0.1) is 24.2 Å². The second-order valence-corrected chi connectivity index (χ2v) is 10.2. The number of pyridine rings is 2. The fourth-order valence-electron chi connectivity index (χ4n) is 5.36. The van der Waals surface area contributed by atoms with E-state index in [0.29, 0.717) is 23.4 Å². The van der Waals surface area contributed by atoms with E-state index in [0.717, 1.165) is 41.3 Å². The summed E-state index contributed by atoms with van der Waals surface area (Å²) in [5.74, 6) is 1.50. The molecule has 5 rings (SSSR count). The van der Waals surface area contributed by atoms with Gasteiger partial charge in [-0.25, -0.2) is 9.50 Å². The molecule has 4 aromatic rings. The Balaban J connectivity index is 1.49. The van der Waals surface area contributed by atoms with Crippen molar-refractivity contribution in [3.05, 3.63) is 47.5 Å². The number of nitrogens with one attached hydrogen (secondary N) is 1. The first-order valence-electron chi connectivity index (χ1n) is 12.5. The number of likely N-dealkylation sites (tertiary alicyclic amines) is 1. The van der Waals surface area contributed by atoms with Gasteiger partial charge in [-0.05, 0) is 81.8 Å². The quantitative estimate of drug-likeness (QED) is 0.414. The first kappa shape index (κ1) is 23.5. The number of rotatable bonds is 6. The second kappa shape index (κ2) is 9.41. The molecule has 0 atom stereocenters. The molecular weight excluding hydrogens is 438 g/mol. The van der Waals surface area contributed by atoms with Crippen LogP contribution < -0.4 is 4.74 Å². The van der Waals surface area contributed by atoms with E-state index in [2.05, 4.69) is 67.0 Å². The van der Waals surface area contributed by atoms with Crippen molar-refractivity contribution in [2.45, 2.75) is 65.3 Å². The fraction of sp³-hybridized carbons (Fsp3) is 0.481. The van der Waals surface area contributed by atoms with Crippen molar-refractivity contribution in [1.29, 1.82) is 0 Å². The van der Waals surface area contributed by atoms with Crippen molar-refractivity contribution in [2.75, 3.05) is 20.2 Å². The monoisotopic (exact) mass is 473 g/mol. The highest BCUT2D eigenvalue weighted by atomic mass is 16.5. The highest BCUT2D eigenvalue weighted by Gasteiger charge is 2.25. The van der Waals surface area contributed by atoms with Crippen molar-refractivity contribution in [1.82, 2.24) is 34.7 Å². The number of piperidine rings is 1. The van der Waals surface area contributed by atoms with Crippen LogP contribution in [-0.4, -0.2) is 60.9 Å². The number of H-pyrrole nitrogens is 1. The summed E-state index contributed by atoms with van der Waals surface area (Å²) in [5, 5.41) is 12.3. The lowest BCUT2D eigenvalue weighted by Gasteiger charge is -2.35. The van der Waals surface area contributed by atoms with E-state index in [4.69, 9.17) is 14.8 Å². The zero-order valence-electron chi connectivity index (χ0n) is 21.5. The third-order valence-corrected chi connectivity index (χ3v) is 7.32. The summed E-state index contributed by atoms with van der Waals surface area (Å²) in [6.45, 7) is 13.5. The predicted molar refractivity (Wildman–Crippen MR) is 138 cm³/mol. The molecule has 0 radical (unpaired) electrons. The maximum absolute atomic E-state index is 5.57. The SMILES string of the molecule is COc1cc(-c2n[nH]c(-c3cc(C)c(C4CCN(C(C)C)CC4)cn3)c2C(C)C)cn2ncnc12. The zero-order valence-corrected chi connectivity index (χ0v) is 21.5. The Morgan fingerprint density at radius 3 is 2.51 bits per heavy atom. The fourth-order valence-corrected chi connectivity index (χ4v) is 5.36. The molecule has 1 N–H and O–H groups in total. The van der Waals surface area contributed by atoms with Crippen LogP contribution in [0, 0.1) is 6.92 Å². The van der Waals surface area contributed by atoms with Gasteiger partial charge in [-0.2, -0.15) is 10.2 Å². The van der Waals surface area contributed by atoms with Crippen molar-refractivity contribution >= 4 is 5.65 Å². The topological polar surface area (TPSA) is 84.2 Å². The van der Waals surface area contributed by atoms with E-state index in [1.807, 2.05) is 12.3 Å². The Labute approximate surface area is 206 Å². The van der Waals surface area contributed by atoms with Crippen molar-refractivity contribution in [2.24, 2.45) is 0 Å². The molecule has 35 heavy (non-hydrogen) atoms. The summed E-state index contributed by atoms with van der Waals surface area (Å²) in [6, 6.07) is 4.81. The number of ether oxygens (including phenoxy) is 1. The Morgan fingerprint density at radius 2 is 1.86 bits per heavy atom. The first-order chi connectivity index (χ1) is 16.9. The largest absolute Gasteiger partial charge is 0.493 e. The van der Waals surface area contributed by atoms with Gasteiger partial charge in [-0.3, -0.25) is 10.1 Å². The zero-order chi connectivity index (χ0) is 24.7. The molecule has 0 unspecified atom stereocenters. The molecule has 1 aliphatic heterocycles. The highest BCUT2D eigenvalue weighted by molar-refractivity contribution is 5.75. The molecule has 8 heteroatoms. The minimum Gasteiger partial charge on any atom is -0.493 e. The van der Waals surface area contributed by atoms with E-state index < -0.39 is 0 Å². The van der Waals surface area contributed by atoms with Crippen LogP contribution in [0.3, 0.4) is 0 Å². The predicted octanol–water partition coefficient (Wildman–Crippen LogP) is 5.21. The lowest BCUT2D eigenvalue weighted by Crippen LogP contribution is -2.37. The van der Waals surface area contributed by atoms with E-state index in [1.54, 1.807) is 11.6 Å². The molecule has 0 aliphatic carbocycles. The Kier molecular flexibility index (Phi) is 6.32.